The van der Waals surface area contributed by atoms with Gasteiger partial charge >= 0.3 is 0 Å². The predicted molar refractivity (Wildman–Crippen MR) is 76.5 cm³/mol. The maximum Gasteiger partial charge on any atom is 0.266 e. The summed E-state index contributed by atoms with van der Waals surface area (Å²) in [4.78, 5) is 0. The molecule has 0 radical (unpaired) electrons. The molecule has 0 aromatic carbocycles. The van der Waals surface area contributed by atoms with E-state index in [0.29, 0.717) is 0 Å². The van der Waals surface area contributed by atoms with Gasteiger partial charge in [0.15, 0.2) is 8.32 Å². The van der Waals surface area contributed by atoms with Gasteiger partial charge in [0.1, 0.15) is 0 Å². The molecule has 17 heavy (non-hydrogen) atoms. The number of hydrogen-bond acceptors (Lipinski definition) is 4. The summed E-state index contributed by atoms with van der Waals surface area (Å²) < 4.78 is 30.0. The number of hydrogen-bond donors (Lipinski definition) is 1. The Morgan fingerprint density at radius 2 is 1.82 bits per heavy atom. The van der Waals surface area contributed by atoms with Gasteiger partial charge in [0.05, 0.1) is 6.61 Å². The van der Waals surface area contributed by atoms with Crippen molar-refractivity contribution in [2.75, 3.05) is 13.2 Å². The fourth-order valence-electron chi connectivity index (χ4n) is 1.90. The molecule has 0 aliphatic rings. The largest absolute Gasteiger partial charge is 0.417 e. The van der Waals surface area contributed by atoms with Crippen LogP contribution >= 0.6 is 0 Å². The van der Waals surface area contributed by atoms with Crippen molar-refractivity contribution in [1.29, 1.82) is 0 Å². The first kappa shape index (κ1) is 17.5. The van der Waals surface area contributed by atoms with Crippen molar-refractivity contribution in [3.63, 3.8) is 0 Å². The van der Waals surface area contributed by atoms with E-state index in [1.807, 2.05) is 6.92 Å². The maximum absolute atomic E-state index is 10.7. The van der Waals surface area contributed by atoms with Gasteiger partial charge < -0.3 is 4.43 Å². The fraction of sp³-hybridized carbons (Fsp3) is 1.00. The highest BCUT2D eigenvalue weighted by Gasteiger charge is 2.29. The summed E-state index contributed by atoms with van der Waals surface area (Å²) >= 11 is 4.24. The summed E-state index contributed by atoms with van der Waals surface area (Å²) in [6.45, 7) is 7.44. The van der Waals surface area contributed by atoms with Crippen LogP contribution in [0.5, 0.6) is 0 Å². The normalized spacial score (nSPS) is 15.8. The van der Waals surface area contributed by atoms with Crippen molar-refractivity contribution in [2.24, 2.45) is 0 Å². The SMILES string of the molecule is CCO[Si](CC)(CC)CCCCOS(=O)(O)=S. The molecule has 4 nitrogen and oxygen atoms in total. The Morgan fingerprint density at radius 3 is 2.24 bits per heavy atom. The summed E-state index contributed by atoms with van der Waals surface area (Å²) in [5, 5.41) is 0. The van der Waals surface area contributed by atoms with E-state index in [0.717, 1.165) is 37.6 Å². The molecule has 0 heterocycles. The molecule has 0 amide bonds. The zero-order valence-electron chi connectivity index (χ0n) is 10.9. The van der Waals surface area contributed by atoms with Crippen molar-refractivity contribution in [3.8, 4) is 0 Å². The lowest BCUT2D eigenvalue weighted by molar-refractivity contribution is 0.293. The van der Waals surface area contributed by atoms with E-state index >= 15 is 0 Å². The second-order valence-corrected chi connectivity index (χ2v) is 11.0. The highest BCUT2D eigenvalue weighted by atomic mass is 32.9. The molecule has 0 aliphatic carbocycles. The lowest BCUT2D eigenvalue weighted by atomic mass is 10.4. The van der Waals surface area contributed by atoms with Crippen LogP contribution in [-0.4, -0.2) is 30.3 Å². The molecule has 1 N–H and O–H groups in total. The minimum Gasteiger partial charge on any atom is -0.417 e. The zero-order chi connectivity index (χ0) is 13.4. The fourth-order valence-corrected chi connectivity index (χ4v) is 5.70. The van der Waals surface area contributed by atoms with Crippen LogP contribution in [0.3, 0.4) is 0 Å². The lowest BCUT2D eigenvalue weighted by Crippen LogP contribution is -2.36. The molecule has 0 aliphatic heterocycles. The van der Waals surface area contributed by atoms with E-state index in [9.17, 15) is 4.21 Å². The van der Waals surface area contributed by atoms with Crippen LogP contribution < -0.4 is 0 Å². The molecule has 1 unspecified atom stereocenters. The van der Waals surface area contributed by atoms with Crippen LogP contribution in [0, 0.1) is 0 Å². The van der Waals surface area contributed by atoms with Crippen molar-refractivity contribution in [3.05, 3.63) is 0 Å². The van der Waals surface area contributed by atoms with Crippen LogP contribution in [0.25, 0.3) is 0 Å². The van der Waals surface area contributed by atoms with Crippen LogP contribution in [0.15, 0.2) is 0 Å². The smallest absolute Gasteiger partial charge is 0.266 e. The second kappa shape index (κ2) is 8.55. The number of rotatable bonds is 10. The van der Waals surface area contributed by atoms with Gasteiger partial charge in [0.25, 0.3) is 9.05 Å². The van der Waals surface area contributed by atoms with Gasteiger partial charge in [-0.25, -0.2) is 0 Å². The molecule has 0 fully saturated rings. The Hall–Kier alpha value is 0.467. The molecular weight excluding hydrogens is 276 g/mol. The third-order valence-electron chi connectivity index (χ3n) is 3.00. The summed E-state index contributed by atoms with van der Waals surface area (Å²) in [5.41, 5.74) is 0. The monoisotopic (exact) mass is 300 g/mol. The van der Waals surface area contributed by atoms with Crippen molar-refractivity contribution >= 4 is 28.6 Å². The molecule has 7 heteroatoms. The van der Waals surface area contributed by atoms with Gasteiger partial charge in [0.2, 0.25) is 0 Å². The molecule has 0 rings (SSSR count). The van der Waals surface area contributed by atoms with Gasteiger partial charge in [-0.1, -0.05) is 20.3 Å². The third kappa shape index (κ3) is 8.23. The summed E-state index contributed by atoms with van der Waals surface area (Å²) in [7, 11) is -5.00. The van der Waals surface area contributed by atoms with E-state index in [2.05, 4.69) is 29.2 Å². The highest BCUT2D eigenvalue weighted by molar-refractivity contribution is 8.27. The average molecular weight is 301 g/mol. The summed E-state index contributed by atoms with van der Waals surface area (Å²) in [5.74, 6) is 0. The minimum absolute atomic E-state index is 0.253. The van der Waals surface area contributed by atoms with Gasteiger partial charge in [-0.05, 0) is 31.5 Å². The van der Waals surface area contributed by atoms with Crippen molar-refractivity contribution in [1.82, 2.24) is 0 Å². The molecule has 0 saturated heterocycles. The van der Waals surface area contributed by atoms with Gasteiger partial charge in [-0.2, -0.15) is 4.21 Å². The topological polar surface area (TPSA) is 55.8 Å². The van der Waals surface area contributed by atoms with Gasteiger partial charge in [0, 0.05) is 17.8 Å². The van der Waals surface area contributed by atoms with Crippen LogP contribution in [-0.2, 0) is 28.9 Å². The molecule has 0 spiro atoms. The Morgan fingerprint density at radius 1 is 1.24 bits per heavy atom. The number of unbranched alkanes of at least 4 members (excludes halogenated alkanes) is 1. The summed E-state index contributed by atoms with van der Waals surface area (Å²) in [6.07, 6.45) is 1.73. The molecule has 0 aromatic heterocycles. The molecule has 0 saturated carbocycles. The molecule has 0 aromatic rings. The maximum atomic E-state index is 10.7. The molecular formula is C10H24O4S2Si. The minimum atomic E-state index is -3.45. The first-order valence-electron chi connectivity index (χ1n) is 6.15. The Kier molecular flexibility index (Phi) is 8.78. The highest BCUT2D eigenvalue weighted by Crippen LogP contribution is 2.24. The average Bonchev–Trinajstić information content (AvgIpc) is 2.26. The van der Waals surface area contributed by atoms with E-state index in [-0.39, 0.29) is 6.61 Å². The quantitative estimate of drug-likeness (QED) is 0.496. The van der Waals surface area contributed by atoms with E-state index in [4.69, 9.17) is 8.98 Å². The standard InChI is InChI=1S/C10H24O4S2Si/c1-4-14-17(5-2,6-3)10-8-7-9-13-16(11,12)15/h4-10H2,1-3H3,(H,11,12,15). The van der Waals surface area contributed by atoms with Gasteiger partial charge in [-0.3, -0.25) is 8.74 Å². The molecule has 0 bridgehead atoms. The third-order valence-corrected chi connectivity index (χ3v) is 8.49. The first-order valence-corrected chi connectivity index (χ1v) is 11.0. The van der Waals surface area contributed by atoms with Crippen LogP contribution in [0.1, 0.15) is 33.6 Å². The summed E-state index contributed by atoms with van der Waals surface area (Å²) in [6, 6.07) is 3.33. The first-order chi connectivity index (χ1) is 7.89. The Bertz CT molecular complexity index is 289. The Balaban J connectivity index is 3.90. The van der Waals surface area contributed by atoms with Crippen molar-refractivity contribution in [2.45, 2.75) is 51.7 Å². The lowest BCUT2D eigenvalue weighted by Gasteiger charge is -2.28. The van der Waals surface area contributed by atoms with E-state index < -0.39 is 17.4 Å². The molecule has 104 valence electrons. The van der Waals surface area contributed by atoms with Crippen molar-refractivity contribution < 1.29 is 17.4 Å². The van der Waals surface area contributed by atoms with Crippen LogP contribution in [0.4, 0.5) is 0 Å². The zero-order valence-corrected chi connectivity index (χ0v) is 13.6. The Labute approximate surface area is 111 Å². The second-order valence-electron chi connectivity index (χ2n) is 4.03. The van der Waals surface area contributed by atoms with E-state index in [1.54, 1.807) is 0 Å². The van der Waals surface area contributed by atoms with Crippen LogP contribution in [0.2, 0.25) is 18.1 Å². The molecule has 1 atom stereocenters. The van der Waals surface area contributed by atoms with Gasteiger partial charge in [-0.15, -0.1) is 0 Å². The van der Waals surface area contributed by atoms with E-state index in [1.165, 1.54) is 0 Å². The predicted octanol–water partition coefficient (Wildman–Crippen LogP) is 2.94.